The lowest BCUT2D eigenvalue weighted by Crippen LogP contribution is -2.11. The number of aliphatic imine (C=N–C) groups is 1. The number of Topliss-reactive ketones (excluding diaryl/α,β-unsaturated/α-hetero) is 1. The molecule has 8 heteroatoms. The predicted molar refractivity (Wildman–Crippen MR) is 157 cm³/mol. The molecule has 0 unspecified atom stereocenters. The van der Waals surface area contributed by atoms with E-state index in [2.05, 4.69) is 38.6 Å². The van der Waals surface area contributed by atoms with Gasteiger partial charge in [-0.05, 0) is 68.7 Å². The Morgan fingerprint density at radius 3 is 2.58 bits per heavy atom. The molecule has 0 aliphatic carbocycles. The maximum atomic E-state index is 11.8. The first-order valence-electron chi connectivity index (χ1n) is 12.7. The van der Waals surface area contributed by atoms with Crippen LogP contribution >= 0.6 is 22.7 Å². The molecule has 3 rings (SSSR count). The molecule has 1 aromatic carbocycles. The number of carbonyl (C=O) groups is 2. The highest BCUT2D eigenvalue weighted by Crippen LogP contribution is 2.35. The van der Waals surface area contributed by atoms with Crippen LogP contribution in [0, 0.1) is 13.8 Å². The van der Waals surface area contributed by atoms with E-state index in [1.54, 1.807) is 35.7 Å². The minimum atomic E-state index is -0.294. The van der Waals surface area contributed by atoms with Crippen LogP contribution in [0.3, 0.4) is 0 Å². The maximum absolute atomic E-state index is 11.8. The first-order chi connectivity index (χ1) is 18.4. The maximum Gasteiger partial charge on any atom is 0.308 e. The standard InChI is InChI=1S/C30H35NO5S2/c1-5-14-34-17-13-30(33)36-16-6-15-35-27-11-9-24(8-7-22(3)32)19-26(27)31-20-25-10-12-28(38-25)29-18-21(2)23(4)37-29/h5,9-12,18-20H,1,6-8,13-17H2,2-4H3. The van der Waals surface area contributed by atoms with Crippen molar-refractivity contribution >= 4 is 46.3 Å². The van der Waals surface area contributed by atoms with E-state index >= 15 is 0 Å². The summed E-state index contributed by atoms with van der Waals surface area (Å²) in [4.78, 5) is 32.8. The van der Waals surface area contributed by atoms with Crippen LogP contribution in [0.2, 0.25) is 0 Å². The summed E-state index contributed by atoms with van der Waals surface area (Å²) < 4.78 is 16.4. The van der Waals surface area contributed by atoms with Gasteiger partial charge in [-0.3, -0.25) is 9.79 Å². The van der Waals surface area contributed by atoms with E-state index in [0.717, 1.165) is 10.4 Å². The summed E-state index contributed by atoms with van der Waals surface area (Å²) in [6, 6.07) is 12.3. The van der Waals surface area contributed by atoms with Crippen LogP contribution in [0.15, 0.2) is 54.0 Å². The molecule has 0 atom stereocenters. The summed E-state index contributed by atoms with van der Waals surface area (Å²) in [6.07, 6.45) is 5.41. The molecule has 0 saturated heterocycles. The summed E-state index contributed by atoms with van der Waals surface area (Å²) in [5, 5.41) is 0. The summed E-state index contributed by atoms with van der Waals surface area (Å²) in [5.41, 5.74) is 3.05. The zero-order chi connectivity index (χ0) is 27.3. The Hall–Kier alpha value is -3.07. The Morgan fingerprint density at radius 1 is 1.00 bits per heavy atom. The lowest BCUT2D eigenvalue weighted by molar-refractivity contribution is -0.145. The fourth-order valence-electron chi connectivity index (χ4n) is 3.47. The van der Waals surface area contributed by atoms with Crippen molar-refractivity contribution < 1.29 is 23.8 Å². The molecule has 0 aliphatic heterocycles. The second kappa shape index (κ2) is 15.4. The van der Waals surface area contributed by atoms with Crippen molar-refractivity contribution in [3.05, 3.63) is 69.9 Å². The molecule has 0 bridgehead atoms. The number of benzene rings is 1. The second-order valence-electron chi connectivity index (χ2n) is 8.85. The van der Waals surface area contributed by atoms with Gasteiger partial charge >= 0.3 is 5.97 Å². The van der Waals surface area contributed by atoms with E-state index in [9.17, 15) is 9.59 Å². The highest BCUT2D eigenvalue weighted by atomic mass is 32.1. The molecule has 2 aromatic heterocycles. The van der Waals surface area contributed by atoms with Gasteiger partial charge in [0.05, 0.1) is 32.8 Å². The Bertz CT molecular complexity index is 1240. The summed E-state index contributed by atoms with van der Waals surface area (Å²) in [7, 11) is 0. The van der Waals surface area contributed by atoms with E-state index in [1.807, 2.05) is 24.4 Å². The van der Waals surface area contributed by atoms with E-state index in [4.69, 9.17) is 19.2 Å². The summed E-state index contributed by atoms with van der Waals surface area (Å²) in [6.45, 7) is 10.8. The van der Waals surface area contributed by atoms with Crippen molar-refractivity contribution in [2.24, 2.45) is 4.99 Å². The van der Waals surface area contributed by atoms with Gasteiger partial charge in [-0.15, -0.1) is 29.3 Å². The third-order valence-corrected chi connectivity index (χ3v) is 8.02. The Balaban J connectivity index is 1.61. The van der Waals surface area contributed by atoms with Crippen LogP contribution in [-0.4, -0.2) is 44.4 Å². The highest BCUT2D eigenvalue weighted by Gasteiger charge is 2.09. The van der Waals surface area contributed by atoms with Crippen molar-refractivity contribution in [1.82, 2.24) is 0 Å². The predicted octanol–water partition coefficient (Wildman–Crippen LogP) is 7.27. The van der Waals surface area contributed by atoms with Gasteiger partial charge in [0, 0.05) is 38.6 Å². The molecule has 0 saturated carbocycles. The van der Waals surface area contributed by atoms with Gasteiger partial charge in [-0.2, -0.15) is 0 Å². The third kappa shape index (κ3) is 9.67. The molecular weight excluding hydrogens is 518 g/mol. The second-order valence-corrected chi connectivity index (χ2v) is 11.2. The van der Waals surface area contributed by atoms with E-state index in [0.29, 0.717) is 50.5 Å². The Kier molecular flexibility index (Phi) is 11.9. The molecule has 202 valence electrons. The fourth-order valence-corrected chi connectivity index (χ4v) is 5.46. The lowest BCUT2D eigenvalue weighted by atomic mass is 10.1. The molecule has 0 aliphatic rings. The van der Waals surface area contributed by atoms with Crippen molar-refractivity contribution in [3.63, 3.8) is 0 Å². The normalized spacial score (nSPS) is 11.1. The zero-order valence-electron chi connectivity index (χ0n) is 22.3. The van der Waals surface area contributed by atoms with Gasteiger partial charge in [0.2, 0.25) is 0 Å². The SMILES string of the molecule is C=CCOCCC(=O)OCCCOc1ccc(CCC(C)=O)cc1N=Cc1ccc(-c2cc(C)c(C)s2)s1. The van der Waals surface area contributed by atoms with E-state index < -0.39 is 0 Å². The minimum absolute atomic E-state index is 0.155. The third-order valence-electron chi connectivity index (χ3n) is 5.65. The van der Waals surface area contributed by atoms with Gasteiger partial charge < -0.3 is 19.0 Å². The number of thiophene rings is 2. The average Bonchev–Trinajstić information content (AvgIpc) is 3.50. The smallest absolute Gasteiger partial charge is 0.308 e. The summed E-state index contributed by atoms with van der Waals surface area (Å²) >= 11 is 3.51. The van der Waals surface area contributed by atoms with Crippen molar-refractivity contribution in [3.8, 4) is 15.5 Å². The number of hydrogen-bond acceptors (Lipinski definition) is 8. The quantitative estimate of drug-likeness (QED) is 0.0807. The first-order valence-corrected chi connectivity index (χ1v) is 14.3. The van der Waals surface area contributed by atoms with Crippen LogP contribution in [0.4, 0.5) is 5.69 Å². The summed E-state index contributed by atoms with van der Waals surface area (Å²) in [5.74, 6) is 0.512. The largest absolute Gasteiger partial charge is 0.491 e. The van der Waals surface area contributed by atoms with Crippen molar-refractivity contribution in [1.29, 1.82) is 0 Å². The monoisotopic (exact) mass is 553 g/mol. The van der Waals surface area contributed by atoms with Crippen LogP contribution in [-0.2, 0) is 25.5 Å². The number of ether oxygens (including phenoxy) is 3. The molecule has 0 amide bonds. The number of ketones is 1. The van der Waals surface area contributed by atoms with Gasteiger partial charge in [-0.1, -0.05) is 12.1 Å². The van der Waals surface area contributed by atoms with Crippen molar-refractivity contribution in [2.45, 2.75) is 46.5 Å². The lowest BCUT2D eigenvalue weighted by Gasteiger charge is -2.11. The number of aryl methyl sites for hydroxylation is 3. The zero-order valence-corrected chi connectivity index (χ0v) is 23.9. The number of carbonyl (C=O) groups excluding carboxylic acids is 2. The van der Waals surface area contributed by atoms with Gasteiger partial charge in [0.15, 0.2) is 0 Å². The Morgan fingerprint density at radius 2 is 1.84 bits per heavy atom. The topological polar surface area (TPSA) is 74.2 Å². The molecule has 38 heavy (non-hydrogen) atoms. The van der Waals surface area contributed by atoms with Crippen LogP contribution in [0.5, 0.6) is 5.75 Å². The number of esters is 1. The molecule has 0 radical (unpaired) electrons. The van der Waals surface area contributed by atoms with Crippen LogP contribution < -0.4 is 4.74 Å². The van der Waals surface area contributed by atoms with E-state index in [-0.39, 0.29) is 24.8 Å². The Labute approximate surface area is 233 Å². The van der Waals surface area contributed by atoms with E-state index in [1.165, 1.54) is 20.2 Å². The first kappa shape index (κ1) is 29.5. The van der Waals surface area contributed by atoms with Gasteiger partial charge in [-0.25, -0.2) is 0 Å². The highest BCUT2D eigenvalue weighted by molar-refractivity contribution is 7.23. The molecule has 3 aromatic rings. The average molecular weight is 554 g/mol. The molecule has 2 heterocycles. The molecule has 0 fully saturated rings. The number of hydrogen-bond donors (Lipinski definition) is 0. The minimum Gasteiger partial charge on any atom is -0.491 e. The molecule has 0 N–H and O–H groups in total. The molecular formula is C30H35NO5S2. The molecule has 0 spiro atoms. The number of nitrogens with zero attached hydrogens (tertiary/aromatic N) is 1. The van der Waals surface area contributed by atoms with Crippen LogP contribution in [0.25, 0.3) is 9.75 Å². The van der Waals surface area contributed by atoms with Gasteiger partial charge in [0.25, 0.3) is 0 Å². The fraction of sp³-hybridized carbons (Fsp3) is 0.367. The number of rotatable bonds is 16. The van der Waals surface area contributed by atoms with Gasteiger partial charge in [0.1, 0.15) is 17.2 Å². The van der Waals surface area contributed by atoms with Crippen molar-refractivity contribution in [2.75, 3.05) is 26.4 Å². The van der Waals surface area contributed by atoms with Crippen LogP contribution in [0.1, 0.15) is 47.1 Å². The molecule has 6 nitrogen and oxygen atoms in total.